The van der Waals surface area contributed by atoms with Crippen molar-refractivity contribution in [3.63, 3.8) is 0 Å². The number of unbranched alkanes of at least 4 members (excludes halogenated alkanes) is 2. The smallest absolute Gasteiger partial charge is 0.305 e. The van der Waals surface area contributed by atoms with E-state index >= 15 is 0 Å². The Morgan fingerprint density at radius 1 is 1.27 bits per heavy atom. The van der Waals surface area contributed by atoms with Crippen molar-refractivity contribution in [3.8, 4) is 0 Å². The maximum Gasteiger partial charge on any atom is 0.305 e. The standard InChI is InChI=1S/C8H16O2.In/c1-3-5-6-7-8(9)10-4-2;/h3-7H2,1-2H3;. The van der Waals surface area contributed by atoms with Gasteiger partial charge in [-0.3, -0.25) is 4.79 Å². The molecule has 0 aromatic heterocycles. The molecule has 0 fully saturated rings. The minimum atomic E-state index is -0.0593. The second kappa shape index (κ2) is 10.3. The largest absolute Gasteiger partial charge is 0.466 e. The van der Waals surface area contributed by atoms with Crippen LogP contribution >= 0.6 is 0 Å². The molecule has 63 valence electrons. The summed E-state index contributed by atoms with van der Waals surface area (Å²) in [6, 6.07) is 0. The molecule has 0 saturated carbocycles. The van der Waals surface area contributed by atoms with Crippen LogP contribution in [0.3, 0.4) is 0 Å². The molecule has 0 aromatic carbocycles. The summed E-state index contributed by atoms with van der Waals surface area (Å²) < 4.78 is 4.75. The predicted octanol–water partition coefficient (Wildman–Crippen LogP) is 1.75. The van der Waals surface area contributed by atoms with Crippen LogP contribution < -0.4 is 0 Å². The molecule has 0 aliphatic rings. The second-order valence-corrected chi connectivity index (χ2v) is 2.26. The minimum absolute atomic E-state index is 0. The molecule has 0 aliphatic carbocycles. The van der Waals surface area contributed by atoms with Gasteiger partial charge in [0, 0.05) is 32.3 Å². The first-order valence-corrected chi connectivity index (χ1v) is 3.96. The molecule has 0 aromatic rings. The Kier molecular flexibility index (Phi) is 13.1. The third-order valence-corrected chi connectivity index (χ3v) is 1.29. The van der Waals surface area contributed by atoms with Crippen LogP contribution in [0.25, 0.3) is 0 Å². The zero-order valence-corrected chi connectivity index (χ0v) is 10.7. The van der Waals surface area contributed by atoms with Gasteiger partial charge >= 0.3 is 5.97 Å². The Balaban J connectivity index is 0. The first-order valence-electron chi connectivity index (χ1n) is 3.96. The van der Waals surface area contributed by atoms with Gasteiger partial charge in [-0.05, 0) is 13.3 Å². The topological polar surface area (TPSA) is 26.3 Å². The number of carbonyl (C=O) groups excluding carboxylic acids is 1. The molecule has 11 heavy (non-hydrogen) atoms. The van der Waals surface area contributed by atoms with Gasteiger partial charge in [-0.15, -0.1) is 0 Å². The zero-order chi connectivity index (χ0) is 7.82. The van der Waals surface area contributed by atoms with Crippen LogP contribution in [0, 0.1) is 0 Å². The van der Waals surface area contributed by atoms with Gasteiger partial charge in [0.25, 0.3) is 0 Å². The van der Waals surface area contributed by atoms with Crippen LogP contribution in [0.1, 0.15) is 39.5 Å². The molecule has 3 radical (unpaired) electrons. The third kappa shape index (κ3) is 10.3. The average molecular weight is 259 g/mol. The van der Waals surface area contributed by atoms with E-state index in [2.05, 4.69) is 6.92 Å². The SMILES string of the molecule is CCCCCC(=O)OCC.[In]. The summed E-state index contributed by atoms with van der Waals surface area (Å²) in [6.07, 6.45) is 3.83. The number of hydrogen-bond acceptors (Lipinski definition) is 2. The van der Waals surface area contributed by atoms with Crippen molar-refractivity contribution in [2.75, 3.05) is 6.61 Å². The van der Waals surface area contributed by atoms with Gasteiger partial charge in [0.05, 0.1) is 6.61 Å². The third-order valence-electron chi connectivity index (χ3n) is 1.29. The van der Waals surface area contributed by atoms with E-state index in [0.29, 0.717) is 13.0 Å². The summed E-state index contributed by atoms with van der Waals surface area (Å²) in [5.74, 6) is -0.0593. The summed E-state index contributed by atoms with van der Waals surface area (Å²) in [5, 5.41) is 0. The average Bonchev–Trinajstić information content (AvgIpc) is 1.89. The fourth-order valence-electron chi connectivity index (χ4n) is 0.752. The quantitative estimate of drug-likeness (QED) is 0.555. The summed E-state index contributed by atoms with van der Waals surface area (Å²) >= 11 is 0. The molecule has 0 heterocycles. The number of ether oxygens (including phenoxy) is 1. The van der Waals surface area contributed by atoms with E-state index in [-0.39, 0.29) is 31.8 Å². The van der Waals surface area contributed by atoms with Gasteiger partial charge < -0.3 is 4.74 Å². The van der Waals surface area contributed by atoms with Crippen LogP contribution in [0.4, 0.5) is 0 Å². The Hall–Kier alpha value is 0.340. The van der Waals surface area contributed by atoms with Gasteiger partial charge in [-0.25, -0.2) is 0 Å². The first kappa shape index (κ1) is 13.9. The van der Waals surface area contributed by atoms with Gasteiger partial charge in [0.15, 0.2) is 0 Å². The monoisotopic (exact) mass is 259 g/mol. The molecule has 0 spiro atoms. The molecular weight excluding hydrogens is 243 g/mol. The van der Waals surface area contributed by atoms with Gasteiger partial charge in [0.1, 0.15) is 0 Å². The van der Waals surface area contributed by atoms with Crippen LogP contribution in [0.15, 0.2) is 0 Å². The van der Waals surface area contributed by atoms with Gasteiger partial charge in [0.2, 0.25) is 0 Å². The van der Waals surface area contributed by atoms with Gasteiger partial charge in [-0.2, -0.15) is 0 Å². The Labute approximate surface area is 87.5 Å². The number of carbonyl (C=O) groups is 1. The van der Waals surface area contributed by atoms with Crippen molar-refractivity contribution in [1.29, 1.82) is 0 Å². The minimum Gasteiger partial charge on any atom is -0.466 e. The number of hydrogen-bond donors (Lipinski definition) is 0. The molecule has 2 nitrogen and oxygen atoms in total. The van der Waals surface area contributed by atoms with E-state index in [9.17, 15) is 4.79 Å². The summed E-state index contributed by atoms with van der Waals surface area (Å²) in [4.78, 5) is 10.7. The molecule has 0 bridgehead atoms. The molecule has 0 saturated heterocycles. The number of esters is 1. The molecule has 0 N–H and O–H groups in total. The molecule has 0 rings (SSSR count). The fourth-order valence-corrected chi connectivity index (χ4v) is 0.752. The fraction of sp³-hybridized carbons (Fsp3) is 0.875. The maximum absolute atomic E-state index is 10.7. The van der Waals surface area contributed by atoms with Crippen molar-refractivity contribution in [2.45, 2.75) is 39.5 Å². The molecule has 0 amide bonds. The summed E-state index contributed by atoms with van der Waals surface area (Å²) in [5.41, 5.74) is 0. The Bertz CT molecular complexity index is 94.1. The molecule has 0 unspecified atom stereocenters. The van der Waals surface area contributed by atoms with E-state index in [1.807, 2.05) is 6.92 Å². The molecule has 3 heteroatoms. The summed E-state index contributed by atoms with van der Waals surface area (Å²) in [7, 11) is 0. The first-order chi connectivity index (χ1) is 4.81. The van der Waals surface area contributed by atoms with Crippen molar-refractivity contribution in [1.82, 2.24) is 0 Å². The predicted molar refractivity (Wildman–Crippen MR) is 46.5 cm³/mol. The van der Waals surface area contributed by atoms with E-state index in [4.69, 9.17) is 4.74 Å². The van der Waals surface area contributed by atoms with Crippen LogP contribution in [0.5, 0.6) is 0 Å². The van der Waals surface area contributed by atoms with Crippen molar-refractivity contribution in [3.05, 3.63) is 0 Å². The zero-order valence-electron chi connectivity index (χ0n) is 7.43. The second-order valence-electron chi connectivity index (χ2n) is 2.26. The van der Waals surface area contributed by atoms with Crippen LogP contribution in [-0.2, 0) is 9.53 Å². The van der Waals surface area contributed by atoms with Crippen molar-refractivity contribution >= 4 is 31.8 Å². The van der Waals surface area contributed by atoms with E-state index in [1.165, 1.54) is 0 Å². The normalized spacial score (nSPS) is 8.55. The summed E-state index contributed by atoms with van der Waals surface area (Å²) in [6.45, 7) is 4.45. The number of rotatable bonds is 5. The molecule has 0 atom stereocenters. The van der Waals surface area contributed by atoms with E-state index in [1.54, 1.807) is 0 Å². The van der Waals surface area contributed by atoms with Gasteiger partial charge in [-0.1, -0.05) is 19.8 Å². The van der Waals surface area contributed by atoms with E-state index < -0.39 is 0 Å². The van der Waals surface area contributed by atoms with Crippen molar-refractivity contribution in [2.24, 2.45) is 0 Å². The Morgan fingerprint density at radius 2 is 1.91 bits per heavy atom. The van der Waals surface area contributed by atoms with Crippen LogP contribution in [0.2, 0.25) is 0 Å². The maximum atomic E-state index is 10.7. The Morgan fingerprint density at radius 3 is 2.36 bits per heavy atom. The molecule has 0 aliphatic heterocycles. The van der Waals surface area contributed by atoms with Crippen molar-refractivity contribution < 1.29 is 9.53 Å². The van der Waals surface area contributed by atoms with Crippen LogP contribution in [-0.4, -0.2) is 38.4 Å². The van der Waals surface area contributed by atoms with E-state index in [0.717, 1.165) is 19.3 Å². The molecular formula is C8H16InO2.